The summed E-state index contributed by atoms with van der Waals surface area (Å²) in [6, 6.07) is 17.6. The van der Waals surface area contributed by atoms with Crippen LogP contribution in [0.1, 0.15) is 39.4 Å². The summed E-state index contributed by atoms with van der Waals surface area (Å²) in [6.45, 7) is 6.55. The Morgan fingerprint density at radius 2 is 1.93 bits per heavy atom. The first-order chi connectivity index (χ1) is 14.5. The number of hydrogen-bond acceptors (Lipinski definition) is 5. The van der Waals surface area contributed by atoms with E-state index in [1.54, 1.807) is 12.1 Å². The molecule has 0 atom stereocenters. The number of aromatic nitrogens is 1. The highest BCUT2D eigenvalue weighted by molar-refractivity contribution is 5.94. The molecular weight excluding hydrogens is 378 g/mol. The van der Waals surface area contributed by atoms with Crippen LogP contribution in [0.4, 0.5) is 0 Å². The van der Waals surface area contributed by atoms with Crippen molar-refractivity contribution in [2.24, 2.45) is 0 Å². The highest BCUT2D eigenvalue weighted by Gasteiger charge is 2.11. The summed E-state index contributed by atoms with van der Waals surface area (Å²) in [6.07, 6.45) is 0.886. The standard InChI is InChI=1S/C24H29N3O3/c1-18-23(19(2)30-26-18)17-29-22-12-7-11-21(15-22)24(28)25-13-8-14-27(3)16-20-9-5-4-6-10-20/h4-7,9-12,15H,8,13-14,16-17H2,1-3H3,(H,25,28). The molecule has 1 aromatic heterocycles. The molecule has 30 heavy (non-hydrogen) atoms. The van der Waals surface area contributed by atoms with Gasteiger partial charge in [0.05, 0.1) is 11.3 Å². The maximum atomic E-state index is 12.5. The third-order valence-electron chi connectivity index (χ3n) is 4.96. The van der Waals surface area contributed by atoms with Crippen LogP contribution in [0, 0.1) is 13.8 Å². The Morgan fingerprint density at radius 1 is 1.13 bits per heavy atom. The Bertz CT molecular complexity index is 934. The summed E-state index contributed by atoms with van der Waals surface area (Å²) in [5.41, 5.74) is 3.63. The first kappa shape index (κ1) is 21.6. The summed E-state index contributed by atoms with van der Waals surface area (Å²) in [5, 5.41) is 6.92. The lowest BCUT2D eigenvalue weighted by molar-refractivity contribution is 0.0951. The van der Waals surface area contributed by atoms with Gasteiger partial charge < -0.3 is 19.5 Å². The molecule has 0 saturated carbocycles. The third-order valence-corrected chi connectivity index (χ3v) is 4.96. The molecule has 6 nitrogen and oxygen atoms in total. The van der Waals surface area contributed by atoms with E-state index in [0.29, 0.717) is 24.5 Å². The Hall–Kier alpha value is -3.12. The minimum Gasteiger partial charge on any atom is -0.489 e. The fraction of sp³-hybridized carbons (Fsp3) is 0.333. The van der Waals surface area contributed by atoms with Crippen LogP contribution >= 0.6 is 0 Å². The highest BCUT2D eigenvalue weighted by atomic mass is 16.5. The van der Waals surface area contributed by atoms with Gasteiger partial charge in [-0.15, -0.1) is 0 Å². The average molecular weight is 408 g/mol. The average Bonchev–Trinajstić information content (AvgIpc) is 3.08. The lowest BCUT2D eigenvalue weighted by atomic mass is 10.2. The first-order valence-corrected chi connectivity index (χ1v) is 10.2. The van der Waals surface area contributed by atoms with Crippen molar-refractivity contribution in [3.8, 4) is 5.75 Å². The quantitative estimate of drug-likeness (QED) is 0.512. The zero-order chi connectivity index (χ0) is 21.3. The molecule has 0 spiro atoms. The molecule has 0 aliphatic carbocycles. The van der Waals surface area contributed by atoms with E-state index in [4.69, 9.17) is 9.26 Å². The van der Waals surface area contributed by atoms with Gasteiger partial charge in [0.15, 0.2) is 0 Å². The van der Waals surface area contributed by atoms with Gasteiger partial charge in [-0.05, 0) is 57.6 Å². The van der Waals surface area contributed by atoms with Gasteiger partial charge in [-0.25, -0.2) is 0 Å². The number of benzene rings is 2. The molecule has 0 aliphatic heterocycles. The monoisotopic (exact) mass is 407 g/mol. The second-order valence-corrected chi connectivity index (χ2v) is 7.45. The summed E-state index contributed by atoms with van der Waals surface area (Å²) in [4.78, 5) is 14.7. The summed E-state index contributed by atoms with van der Waals surface area (Å²) >= 11 is 0. The van der Waals surface area contributed by atoms with Crippen molar-refractivity contribution in [1.29, 1.82) is 0 Å². The zero-order valence-electron chi connectivity index (χ0n) is 17.9. The van der Waals surface area contributed by atoms with Crippen molar-refractivity contribution in [3.05, 3.63) is 82.7 Å². The molecular formula is C24H29N3O3. The number of hydrogen-bond donors (Lipinski definition) is 1. The molecule has 3 aromatic rings. The van der Waals surface area contributed by atoms with E-state index in [0.717, 1.165) is 36.5 Å². The second-order valence-electron chi connectivity index (χ2n) is 7.45. The van der Waals surface area contributed by atoms with Crippen LogP contribution in [0.25, 0.3) is 0 Å². The van der Waals surface area contributed by atoms with Gasteiger partial charge in [0.2, 0.25) is 0 Å². The van der Waals surface area contributed by atoms with Gasteiger partial charge in [-0.3, -0.25) is 4.79 Å². The topological polar surface area (TPSA) is 67.6 Å². The first-order valence-electron chi connectivity index (χ1n) is 10.2. The molecule has 0 bridgehead atoms. The largest absolute Gasteiger partial charge is 0.489 e. The zero-order valence-corrected chi connectivity index (χ0v) is 17.9. The summed E-state index contributed by atoms with van der Waals surface area (Å²) in [7, 11) is 2.09. The van der Waals surface area contributed by atoms with Gasteiger partial charge in [-0.2, -0.15) is 0 Å². The maximum absolute atomic E-state index is 12.5. The molecule has 0 radical (unpaired) electrons. The molecule has 6 heteroatoms. The van der Waals surface area contributed by atoms with Gasteiger partial charge in [-0.1, -0.05) is 41.6 Å². The lowest BCUT2D eigenvalue weighted by Gasteiger charge is -2.16. The van der Waals surface area contributed by atoms with E-state index < -0.39 is 0 Å². The van der Waals surface area contributed by atoms with Crippen molar-refractivity contribution >= 4 is 5.91 Å². The summed E-state index contributed by atoms with van der Waals surface area (Å²) in [5.74, 6) is 1.30. The fourth-order valence-electron chi connectivity index (χ4n) is 3.22. The molecule has 0 fully saturated rings. The van der Waals surface area contributed by atoms with Gasteiger partial charge >= 0.3 is 0 Å². The Morgan fingerprint density at radius 3 is 2.67 bits per heavy atom. The molecule has 1 N–H and O–H groups in total. The number of aryl methyl sites for hydroxylation is 2. The number of ether oxygens (including phenoxy) is 1. The van der Waals surface area contributed by atoms with Crippen LogP contribution in [0.2, 0.25) is 0 Å². The van der Waals surface area contributed by atoms with Gasteiger partial charge in [0, 0.05) is 18.7 Å². The maximum Gasteiger partial charge on any atom is 0.251 e. The minimum absolute atomic E-state index is 0.0940. The Labute approximate surface area is 177 Å². The number of nitrogens with one attached hydrogen (secondary N) is 1. The number of carbonyl (C=O) groups is 1. The Balaban J connectivity index is 1.42. The molecule has 3 rings (SSSR count). The lowest BCUT2D eigenvalue weighted by Crippen LogP contribution is -2.28. The van der Waals surface area contributed by atoms with E-state index in [9.17, 15) is 4.79 Å². The van der Waals surface area contributed by atoms with Crippen LogP contribution in [0.3, 0.4) is 0 Å². The van der Waals surface area contributed by atoms with Crippen molar-refractivity contribution in [1.82, 2.24) is 15.4 Å². The number of carbonyl (C=O) groups excluding carboxylic acids is 1. The third kappa shape index (κ3) is 6.19. The van der Waals surface area contributed by atoms with Crippen molar-refractivity contribution in [2.75, 3.05) is 20.1 Å². The predicted octanol–water partition coefficient (Wildman–Crippen LogP) is 4.12. The second kappa shape index (κ2) is 10.6. The number of rotatable bonds is 10. The molecule has 0 aliphatic rings. The van der Waals surface area contributed by atoms with Gasteiger partial charge in [0.25, 0.3) is 5.91 Å². The van der Waals surface area contributed by atoms with Crippen LogP contribution < -0.4 is 10.1 Å². The molecule has 1 amide bonds. The smallest absolute Gasteiger partial charge is 0.251 e. The molecule has 158 valence electrons. The molecule has 0 saturated heterocycles. The SMILES string of the molecule is Cc1noc(C)c1COc1cccc(C(=O)NCCCN(C)Cc2ccccc2)c1. The van der Waals surface area contributed by atoms with Crippen LogP contribution in [0.5, 0.6) is 5.75 Å². The number of amides is 1. The Kier molecular flexibility index (Phi) is 7.63. The van der Waals surface area contributed by atoms with Crippen LogP contribution in [0.15, 0.2) is 59.1 Å². The van der Waals surface area contributed by atoms with Crippen LogP contribution in [-0.4, -0.2) is 36.1 Å². The normalized spacial score (nSPS) is 10.9. The molecule has 0 unspecified atom stereocenters. The van der Waals surface area contributed by atoms with Crippen molar-refractivity contribution < 1.29 is 14.1 Å². The number of nitrogens with zero attached hydrogens (tertiary/aromatic N) is 2. The van der Waals surface area contributed by atoms with E-state index in [-0.39, 0.29) is 5.91 Å². The van der Waals surface area contributed by atoms with E-state index in [1.807, 2.05) is 32.0 Å². The molecule has 1 heterocycles. The predicted molar refractivity (Wildman–Crippen MR) is 116 cm³/mol. The summed E-state index contributed by atoms with van der Waals surface area (Å²) < 4.78 is 11.0. The van der Waals surface area contributed by atoms with E-state index >= 15 is 0 Å². The van der Waals surface area contributed by atoms with Crippen molar-refractivity contribution in [3.63, 3.8) is 0 Å². The van der Waals surface area contributed by atoms with Gasteiger partial charge in [0.1, 0.15) is 18.1 Å². The fourth-order valence-corrected chi connectivity index (χ4v) is 3.22. The van der Waals surface area contributed by atoms with E-state index in [2.05, 4.69) is 46.7 Å². The minimum atomic E-state index is -0.0940. The molecule has 2 aromatic carbocycles. The van der Waals surface area contributed by atoms with Crippen molar-refractivity contribution in [2.45, 2.75) is 33.4 Å². The van der Waals surface area contributed by atoms with E-state index in [1.165, 1.54) is 5.56 Å². The van der Waals surface area contributed by atoms with Crippen LogP contribution in [-0.2, 0) is 13.2 Å². The highest BCUT2D eigenvalue weighted by Crippen LogP contribution is 2.18.